The highest BCUT2D eigenvalue weighted by atomic mass is 32.1. The Balaban J connectivity index is 2.04. The zero-order valence-electron chi connectivity index (χ0n) is 44.3. The van der Waals surface area contributed by atoms with Crippen LogP contribution in [0.25, 0.3) is 0 Å². The molecular weight excluding hydrogens is 1030 g/mol. The number of amides is 8. The van der Waals surface area contributed by atoms with Gasteiger partial charge >= 0.3 is 5.97 Å². The second-order valence-corrected chi connectivity index (χ2v) is 19.7. The maximum absolute atomic E-state index is 14.5. The van der Waals surface area contributed by atoms with Crippen LogP contribution in [0.1, 0.15) is 82.9 Å². The van der Waals surface area contributed by atoms with Crippen molar-refractivity contribution >= 4 is 71.8 Å². The molecule has 426 valence electrons. The van der Waals surface area contributed by atoms with Gasteiger partial charge in [-0.05, 0) is 78.5 Å². The third-order valence-corrected chi connectivity index (χ3v) is 12.9. The number of guanidine groups is 1. The Morgan fingerprint density at radius 2 is 0.949 bits per heavy atom. The normalized spacial score (nSPS) is 14.5. The summed E-state index contributed by atoms with van der Waals surface area (Å²) in [4.78, 5) is 127. The molecule has 0 aliphatic carbocycles. The predicted octanol–water partition coefficient (Wildman–Crippen LogP) is -0.728. The number of rotatable bonds is 33. The lowest BCUT2D eigenvalue weighted by Crippen LogP contribution is -2.61. The van der Waals surface area contributed by atoms with Crippen LogP contribution in [-0.4, -0.2) is 135 Å². The van der Waals surface area contributed by atoms with E-state index in [4.69, 9.17) is 22.9 Å². The fourth-order valence-corrected chi connectivity index (χ4v) is 8.07. The standard InChI is InChI=1S/C53H76N12O12S/c1-5-30(4)44(52(76)77)65-51(75)39(24-29(2)3)62-50(74)42(27-33-15-19-35(67)20-16-33)63-46(70)37(12-9-23-58-53(56)57)59-47(71)38(21-22-43(55)68)60-48(72)41(25-31-10-7-6-8-11-31)64-49(73)40(61-45(69)36(54)28-78)26-32-13-17-34(66)18-14-32/h6-8,10-11,13-20,29-30,36-42,44,66-67,78H,5,9,12,21-28,54H2,1-4H3,(H2,55,68)(H,59,71)(H,60,72)(H,61,69)(H,62,74)(H,63,70)(H,64,73)(H,65,75)(H,76,77)(H4,56,57,58)/t30-,36-,37-,38-,39-,40-,41-,42-,44-/m0/s1. The van der Waals surface area contributed by atoms with E-state index in [1.54, 1.807) is 58.0 Å². The molecule has 3 aromatic rings. The molecule has 0 spiro atoms. The molecule has 9 atom stereocenters. The van der Waals surface area contributed by atoms with Gasteiger partial charge in [0.15, 0.2) is 5.96 Å². The van der Waals surface area contributed by atoms with Crippen LogP contribution in [0.5, 0.6) is 11.5 Å². The van der Waals surface area contributed by atoms with E-state index in [9.17, 15) is 58.5 Å². The minimum Gasteiger partial charge on any atom is -0.508 e. The number of phenolic OH excluding ortho intramolecular Hbond substituents is 2. The average Bonchev–Trinajstić information content (AvgIpc) is 3.40. The summed E-state index contributed by atoms with van der Waals surface area (Å²) < 4.78 is 0. The number of phenols is 2. The van der Waals surface area contributed by atoms with Crippen LogP contribution in [-0.2, 0) is 62.4 Å². The number of hydrogen-bond donors (Lipinski definition) is 15. The molecule has 0 saturated carbocycles. The third kappa shape index (κ3) is 22.7. The number of hydrogen-bond acceptors (Lipinski definition) is 14. The minimum absolute atomic E-state index is 0.0170. The Morgan fingerprint density at radius 3 is 1.36 bits per heavy atom. The molecule has 24 nitrogen and oxygen atoms in total. The molecule has 0 fully saturated rings. The highest BCUT2D eigenvalue weighted by Crippen LogP contribution is 2.16. The molecule has 78 heavy (non-hydrogen) atoms. The number of benzene rings is 3. The lowest BCUT2D eigenvalue weighted by atomic mass is 9.97. The second kappa shape index (κ2) is 32.6. The number of primary amides is 1. The van der Waals surface area contributed by atoms with Crippen LogP contribution >= 0.6 is 12.6 Å². The minimum atomic E-state index is -1.59. The summed E-state index contributed by atoms with van der Waals surface area (Å²) in [6, 6.07) is 9.15. The quantitative estimate of drug-likeness (QED) is 0.0155. The number of aliphatic imine (C=N–C) groups is 1. The lowest BCUT2D eigenvalue weighted by molar-refractivity contribution is -0.144. The highest BCUT2D eigenvalue weighted by molar-refractivity contribution is 7.80. The Morgan fingerprint density at radius 1 is 0.551 bits per heavy atom. The molecule has 0 bridgehead atoms. The van der Waals surface area contributed by atoms with Crippen LogP contribution in [0.3, 0.4) is 0 Å². The van der Waals surface area contributed by atoms with Crippen LogP contribution in [0.15, 0.2) is 83.9 Å². The Hall–Kier alpha value is -7.93. The Bertz CT molecular complexity index is 2520. The number of thiol groups is 1. The molecule has 0 radical (unpaired) electrons. The molecule has 0 unspecified atom stereocenters. The van der Waals surface area contributed by atoms with E-state index in [0.29, 0.717) is 23.1 Å². The van der Waals surface area contributed by atoms with Gasteiger partial charge in [-0.15, -0.1) is 0 Å². The van der Waals surface area contributed by atoms with Crippen molar-refractivity contribution < 1.29 is 58.5 Å². The highest BCUT2D eigenvalue weighted by Gasteiger charge is 2.36. The molecule has 0 aliphatic rings. The zero-order valence-corrected chi connectivity index (χ0v) is 45.2. The molecule has 25 heteroatoms. The van der Waals surface area contributed by atoms with Gasteiger partial charge in [-0.2, -0.15) is 12.6 Å². The number of nitrogens with zero attached hydrogens (tertiary/aromatic N) is 1. The van der Waals surface area contributed by atoms with Crippen LogP contribution in [0.2, 0.25) is 0 Å². The Kier molecular flexibility index (Phi) is 26.9. The van der Waals surface area contributed by atoms with Gasteiger partial charge < -0.3 is 75.5 Å². The smallest absolute Gasteiger partial charge is 0.326 e. The van der Waals surface area contributed by atoms with Crippen molar-refractivity contribution in [1.82, 2.24) is 37.2 Å². The number of carboxylic acid groups (broad SMARTS) is 1. The number of aliphatic carboxylic acids is 1. The number of aromatic hydroxyl groups is 2. The molecular formula is C53H76N12O12S. The van der Waals surface area contributed by atoms with E-state index >= 15 is 0 Å². The van der Waals surface area contributed by atoms with Gasteiger partial charge in [0.25, 0.3) is 0 Å². The van der Waals surface area contributed by atoms with Gasteiger partial charge in [0.05, 0.1) is 6.04 Å². The first kappa shape index (κ1) is 64.4. The maximum atomic E-state index is 14.5. The van der Waals surface area contributed by atoms with Crippen molar-refractivity contribution in [1.29, 1.82) is 0 Å². The Labute approximate surface area is 458 Å². The van der Waals surface area contributed by atoms with Gasteiger partial charge in [-0.3, -0.25) is 43.3 Å². The first-order chi connectivity index (χ1) is 36.9. The van der Waals surface area contributed by atoms with Crippen molar-refractivity contribution in [2.75, 3.05) is 12.3 Å². The van der Waals surface area contributed by atoms with Crippen LogP contribution in [0, 0.1) is 11.8 Å². The van der Waals surface area contributed by atoms with Crippen molar-refractivity contribution in [3.63, 3.8) is 0 Å². The van der Waals surface area contributed by atoms with Gasteiger partial charge in [-0.25, -0.2) is 4.79 Å². The van der Waals surface area contributed by atoms with E-state index in [0.717, 1.165) is 0 Å². The lowest BCUT2D eigenvalue weighted by Gasteiger charge is -2.29. The summed E-state index contributed by atoms with van der Waals surface area (Å²) in [6.45, 7) is 6.99. The van der Waals surface area contributed by atoms with Crippen molar-refractivity contribution in [2.45, 2.75) is 134 Å². The molecule has 18 N–H and O–H groups in total. The predicted molar refractivity (Wildman–Crippen MR) is 294 cm³/mol. The largest absolute Gasteiger partial charge is 0.508 e. The fourth-order valence-electron chi connectivity index (χ4n) is 7.90. The van der Waals surface area contributed by atoms with Gasteiger partial charge in [0, 0.05) is 38.0 Å². The summed E-state index contributed by atoms with van der Waals surface area (Å²) in [7, 11) is 0. The monoisotopic (exact) mass is 1100 g/mol. The molecule has 3 aromatic carbocycles. The molecule has 0 saturated heterocycles. The molecule has 0 aromatic heterocycles. The van der Waals surface area contributed by atoms with Crippen molar-refractivity contribution in [3.05, 3.63) is 95.6 Å². The number of nitrogens with two attached hydrogens (primary N) is 4. The van der Waals surface area contributed by atoms with Crippen molar-refractivity contribution in [3.8, 4) is 11.5 Å². The van der Waals surface area contributed by atoms with E-state index < -0.39 is 120 Å². The molecule has 0 aliphatic heterocycles. The number of carbonyl (C=O) groups excluding carboxylic acids is 8. The SMILES string of the molecule is CC[C@H](C)[C@H](NC(=O)[C@H](CC(C)C)NC(=O)[C@H](Cc1ccc(O)cc1)NC(=O)[C@H](CCCN=C(N)N)NC(=O)[C@H](CCC(N)=O)NC(=O)[C@H](Cc1ccccc1)NC(=O)[C@H](Cc1ccc(O)cc1)NC(=O)[C@@H](N)CS)C(=O)O. The zero-order chi connectivity index (χ0) is 58.1. The van der Waals surface area contributed by atoms with Gasteiger partial charge in [0.1, 0.15) is 53.8 Å². The average molecular weight is 1110 g/mol. The molecule has 0 heterocycles. The maximum Gasteiger partial charge on any atom is 0.326 e. The number of carboxylic acids is 1. The second-order valence-electron chi connectivity index (χ2n) is 19.4. The van der Waals surface area contributed by atoms with E-state index in [1.807, 2.05) is 0 Å². The van der Waals surface area contributed by atoms with Crippen LogP contribution < -0.4 is 60.2 Å². The fraction of sp³-hybridized carbons (Fsp3) is 0.472. The van der Waals surface area contributed by atoms with Gasteiger partial charge in [-0.1, -0.05) is 88.7 Å². The number of carbonyl (C=O) groups is 9. The summed E-state index contributed by atoms with van der Waals surface area (Å²) in [6.07, 6.45) is -0.883. The molecule has 3 rings (SSSR count). The van der Waals surface area contributed by atoms with Crippen LogP contribution in [0.4, 0.5) is 0 Å². The van der Waals surface area contributed by atoms with E-state index in [-0.39, 0.29) is 74.2 Å². The summed E-state index contributed by atoms with van der Waals surface area (Å²) in [5.74, 6) is -9.21. The first-order valence-corrected chi connectivity index (χ1v) is 26.2. The van der Waals surface area contributed by atoms with Gasteiger partial charge in [0.2, 0.25) is 47.3 Å². The topological polar surface area (TPSA) is 415 Å². The summed E-state index contributed by atoms with van der Waals surface area (Å²) in [5, 5.41) is 48.2. The number of nitrogens with one attached hydrogen (secondary N) is 7. The van der Waals surface area contributed by atoms with E-state index in [1.165, 1.54) is 48.5 Å². The molecule has 8 amide bonds. The summed E-state index contributed by atoms with van der Waals surface area (Å²) >= 11 is 4.09. The van der Waals surface area contributed by atoms with E-state index in [2.05, 4.69) is 54.8 Å². The summed E-state index contributed by atoms with van der Waals surface area (Å²) in [5.41, 5.74) is 24.1. The first-order valence-electron chi connectivity index (χ1n) is 25.6. The van der Waals surface area contributed by atoms with Crippen molar-refractivity contribution in [2.24, 2.45) is 39.8 Å². The third-order valence-electron chi connectivity index (χ3n) is 12.5.